The Morgan fingerprint density at radius 3 is 2.30 bits per heavy atom. The maximum absolute atomic E-state index is 15.1. The van der Waals surface area contributed by atoms with Crippen LogP contribution in [0.5, 0.6) is 0 Å². The average Bonchev–Trinajstić information content (AvgIpc) is 2.87. The molecule has 2 heterocycles. The fraction of sp³-hybridized carbons (Fsp3) is 0.444. The van der Waals surface area contributed by atoms with Crippen molar-refractivity contribution in [2.75, 3.05) is 44.2 Å². The van der Waals surface area contributed by atoms with Crippen LogP contribution in [0.2, 0.25) is 0 Å². The van der Waals surface area contributed by atoms with Crippen LogP contribution in [0.4, 0.5) is 10.1 Å². The Balaban J connectivity index is 1.44. The summed E-state index contributed by atoms with van der Waals surface area (Å²) in [7, 11) is -4.18. The maximum Gasteiger partial charge on any atom is 0.306 e. The molecule has 4 N–H and O–H groups in total. The first kappa shape index (κ1) is 29.3. The van der Waals surface area contributed by atoms with Gasteiger partial charge in [0.05, 0.1) is 17.0 Å². The number of sulfonamides is 1. The van der Waals surface area contributed by atoms with Crippen molar-refractivity contribution in [2.24, 2.45) is 4.99 Å². The third kappa shape index (κ3) is 6.89. The highest BCUT2D eigenvalue weighted by molar-refractivity contribution is 7.89. The number of aliphatic imine (C=N–C) groups is 1. The van der Waals surface area contributed by atoms with Gasteiger partial charge in [-0.2, -0.15) is 4.72 Å². The van der Waals surface area contributed by atoms with Crippen molar-refractivity contribution >= 4 is 33.5 Å². The topological polar surface area (TPSA) is 143 Å². The van der Waals surface area contributed by atoms with Gasteiger partial charge < -0.3 is 25.5 Å². The molecule has 1 unspecified atom stereocenters. The fourth-order valence-corrected chi connectivity index (χ4v) is 6.77. The smallest absolute Gasteiger partial charge is 0.306 e. The Morgan fingerprint density at radius 1 is 1.07 bits per heavy atom. The third-order valence-corrected chi connectivity index (χ3v) is 8.64. The molecule has 0 aromatic heterocycles. The van der Waals surface area contributed by atoms with Gasteiger partial charge in [-0.1, -0.05) is 17.7 Å². The van der Waals surface area contributed by atoms with Crippen LogP contribution in [0.1, 0.15) is 39.9 Å². The molecule has 1 amide bonds. The minimum absolute atomic E-state index is 0.0181. The van der Waals surface area contributed by atoms with Gasteiger partial charge in [-0.05, 0) is 56.5 Å². The van der Waals surface area contributed by atoms with Gasteiger partial charge in [-0.25, -0.2) is 12.8 Å². The number of benzene rings is 2. The maximum atomic E-state index is 15.1. The fourth-order valence-electron chi connectivity index (χ4n) is 5.17. The zero-order valence-electron chi connectivity index (χ0n) is 22.8. The summed E-state index contributed by atoms with van der Waals surface area (Å²) in [6.07, 6.45) is -1.16. The summed E-state index contributed by atoms with van der Waals surface area (Å²) in [5, 5.41) is 15.0. The molecule has 1 atom stereocenters. The first-order valence-electron chi connectivity index (χ1n) is 13.1. The highest BCUT2D eigenvalue weighted by Gasteiger charge is 2.28. The average molecular weight is 575 g/mol. The van der Waals surface area contributed by atoms with Gasteiger partial charge in [0, 0.05) is 44.8 Å². The Labute approximate surface area is 233 Å². The highest BCUT2D eigenvalue weighted by atomic mass is 32.2. The van der Waals surface area contributed by atoms with E-state index in [9.17, 15) is 23.1 Å². The van der Waals surface area contributed by atoms with Crippen LogP contribution in [0, 0.1) is 26.6 Å². The SMILES string of the molecule is Cc1cc(C)c(S(=O)(=O)NC(CC(=O)O)NC(=O)c2ccc(N3CCN(C4=NCCCN4)CC3)c(F)c2)c(C)c1. The molecular weight excluding hydrogens is 539 g/mol. The van der Waals surface area contributed by atoms with Crippen LogP contribution < -0.4 is 20.3 Å². The summed E-state index contributed by atoms with van der Waals surface area (Å²) >= 11 is 0. The lowest BCUT2D eigenvalue weighted by molar-refractivity contribution is -0.137. The molecule has 216 valence electrons. The Bertz CT molecular complexity index is 1400. The zero-order valence-corrected chi connectivity index (χ0v) is 23.6. The predicted octanol–water partition coefficient (Wildman–Crippen LogP) is 1.73. The molecule has 0 radical (unpaired) electrons. The standard InChI is InChI=1S/C27H35FN6O5S/c1-17-13-18(2)25(19(3)14-17)40(38,39)32-23(16-24(35)36)31-26(37)20-5-6-22(21(28)15-20)33-9-11-34(12-10-33)27-29-7-4-8-30-27/h5-6,13-15,23,32H,4,7-12,16H2,1-3H3,(H,29,30)(H,31,37)(H,35,36). The quantitative estimate of drug-likeness (QED) is 0.349. The van der Waals surface area contributed by atoms with Gasteiger partial charge in [-0.15, -0.1) is 0 Å². The number of halogens is 1. The molecule has 2 aliphatic rings. The van der Waals surface area contributed by atoms with Crippen molar-refractivity contribution in [1.82, 2.24) is 20.3 Å². The summed E-state index contributed by atoms with van der Waals surface area (Å²) in [6.45, 7) is 9.29. The van der Waals surface area contributed by atoms with Crippen LogP contribution in [0.15, 0.2) is 40.2 Å². The normalized spacial score (nSPS) is 16.6. The van der Waals surface area contributed by atoms with Crippen molar-refractivity contribution in [1.29, 1.82) is 0 Å². The van der Waals surface area contributed by atoms with E-state index in [0.29, 0.717) is 43.0 Å². The minimum Gasteiger partial charge on any atom is -0.481 e. The third-order valence-electron chi connectivity index (χ3n) is 6.86. The van der Waals surface area contributed by atoms with Gasteiger partial charge >= 0.3 is 5.97 Å². The number of piperazine rings is 1. The molecule has 4 rings (SSSR count). The summed E-state index contributed by atoms with van der Waals surface area (Å²) in [6, 6.07) is 7.43. The Kier molecular flexibility index (Phi) is 8.94. The zero-order chi connectivity index (χ0) is 29.0. The van der Waals surface area contributed by atoms with E-state index < -0.39 is 40.3 Å². The lowest BCUT2D eigenvalue weighted by Gasteiger charge is -2.38. The lowest BCUT2D eigenvalue weighted by atomic mass is 10.1. The number of aliphatic carboxylic acids is 1. The summed E-state index contributed by atoms with van der Waals surface area (Å²) in [5.41, 5.74) is 2.16. The van der Waals surface area contributed by atoms with E-state index in [2.05, 4.69) is 25.2 Å². The molecule has 11 nitrogen and oxygen atoms in total. The summed E-state index contributed by atoms with van der Waals surface area (Å²) in [5.74, 6) is -1.85. The molecule has 2 aromatic carbocycles. The van der Waals surface area contributed by atoms with E-state index in [1.165, 1.54) is 12.1 Å². The van der Waals surface area contributed by atoms with Crippen LogP contribution >= 0.6 is 0 Å². The number of nitrogens with zero attached hydrogens (tertiary/aromatic N) is 3. The van der Waals surface area contributed by atoms with Crippen LogP contribution in [0.25, 0.3) is 0 Å². The number of rotatable bonds is 8. The molecule has 0 bridgehead atoms. The molecule has 1 saturated heterocycles. The van der Waals surface area contributed by atoms with Crippen LogP contribution in [-0.4, -0.2) is 81.7 Å². The molecule has 2 aromatic rings. The van der Waals surface area contributed by atoms with Crippen LogP contribution in [0.3, 0.4) is 0 Å². The van der Waals surface area contributed by atoms with E-state index in [4.69, 9.17) is 0 Å². The molecule has 0 spiro atoms. The van der Waals surface area contributed by atoms with E-state index in [-0.39, 0.29) is 10.5 Å². The van der Waals surface area contributed by atoms with Crippen LogP contribution in [-0.2, 0) is 14.8 Å². The number of hydrogen-bond donors (Lipinski definition) is 4. The van der Waals surface area contributed by atoms with E-state index in [0.717, 1.165) is 37.1 Å². The summed E-state index contributed by atoms with van der Waals surface area (Å²) in [4.78, 5) is 33.0. The predicted molar refractivity (Wildman–Crippen MR) is 150 cm³/mol. The van der Waals surface area contributed by atoms with Gasteiger partial charge in [-0.3, -0.25) is 14.6 Å². The molecular formula is C27H35FN6O5S. The largest absolute Gasteiger partial charge is 0.481 e. The first-order valence-corrected chi connectivity index (χ1v) is 14.6. The molecule has 40 heavy (non-hydrogen) atoms. The number of carboxylic acid groups (broad SMARTS) is 1. The molecule has 1 fully saturated rings. The molecule has 0 aliphatic carbocycles. The van der Waals surface area contributed by atoms with Gasteiger partial charge in [0.2, 0.25) is 10.0 Å². The monoisotopic (exact) mass is 574 g/mol. The number of carbonyl (C=O) groups excluding carboxylic acids is 1. The Hall–Kier alpha value is -3.71. The second-order valence-electron chi connectivity index (χ2n) is 10.1. The van der Waals surface area contributed by atoms with Gasteiger partial charge in [0.25, 0.3) is 5.91 Å². The van der Waals surface area contributed by atoms with E-state index in [1.54, 1.807) is 26.0 Å². The van der Waals surface area contributed by atoms with Crippen molar-refractivity contribution in [3.05, 3.63) is 58.4 Å². The Morgan fingerprint density at radius 2 is 1.73 bits per heavy atom. The van der Waals surface area contributed by atoms with Crippen molar-refractivity contribution < 1.29 is 27.5 Å². The lowest BCUT2D eigenvalue weighted by Crippen LogP contribution is -2.53. The number of aryl methyl sites for hydroxylation is 3. The number of nitrogens with one attached hydrogen (secondary N) is 3. The van der Waals surface area contributed by atoms with Gasteiger partial charge in [0.15, 0.2) is 5.96 Å². The molecule has 0 saturated carbocycles. The van der Waals surface area contributed by atoms with Crippen molar-refractivity contribution in [2.45, 2.75) is 44.7 Å². The number of anilines is 1. The van der Waals surface area contributed by atoms with E-state index in [1.807, 2.05) is 11.8 Å². The minimum atomic E-state index is -4.18. The number of hydrogen-bond acceptors (Lipinski definition) is 8. The second-order valence-corrected chi connectivity index (χ2v) is 11.7. The van der Waals surface area contributed by atoms with Crippen molar-refractivity contribution in [3.8, 4) is 0 Å². The number of guanidine groups is 1. The number of carbonyl (C=O) groups is 2. The van der Waals surface area contributed by atoms with Gasteiger partial charge in [0.1, 0.15) is 12.0 Å². The first-order chi connectivity index (χ1) is 18.9. The van der Waals surface area contributed by atoms with Crippen molar-refractivity contribution in [3.63, 3.8) is 0 Å². The highest BCUT2D eigenvalue weighted by Crippen LogP contribution is 2.24. The molecule has 2 aliphatic heterocycles. The summed E-state index contributed by atoms with van der Waals surface area (Å²) < 4.78 is 43.7. The number of carboxylic acids is 1. The second kappa shape index (κ2) is 12.2. The van der Waals surface area contributed by atoms with E-state index >= 15 is 4.39 Å². The molecule has 13 heteroatoms. The number of amides is 1.